The van der Waals surface area contributed by atoms with E-state index >= 15 is 0 Å². The van der Waals surface area contributed by atoms with Crippen LogP contribution >= 0.6 is 0 Å². The number of carboxylic acid groups (broad SMARTS) is 1. The first-order valence-electron chi connectivity index (χ1n) is 3.13. The van der Waals surface area contributed by atoms with E-state index in [0.717, 1.165) is 5.01 Å². The summed E-state index contributed by atoms with van der Waals surface area (Å²) in [6, 6.07) is 0. The molecule has 0 radical (unpaired) electrons. The van der Waals surface area contributed by atoms with Gasteiger partial charge in [0.25, 0.3) is 0 Å². The van der Waals surface area contributed by atoms with E-state index in [9.17, 15) is 4.79 Å². The molecule has 0 saturated heterocycles. The predicted octanol–water partition coefficient (Wildman–Crippen LogP) is -0.246. The molecular weight excluding hydrogens is 148 g/mol. The van der Waals surface area contributed by atoms with Crippen molar-refractivity contribution in [2.75, 3.05) is 13.2 Å². The molecule has 0 bridgehead atoms. The average Bonchev–Trinajstić information content (AvgIpc) is 1.86. The summed E-state index contributed by atoms with van der Waals surface area (Å²) in [5.74, 6) is 4.37. The minimum Gasteiger partial charge on any atom is -0.480 e. The van der Waals surface area contributed by atoms with Crippen LogP contribution in [-0.2, 0) is 9.53 Å². The van der Waals surface area contributed by atoms with Gasteiger partial charge in [0.1, 0.15) is 6.54 Å². The fourth-order valence-electron chi connectivity index (χ4n) is 0.483. The van der Waals surface area contributed by atoms with Crippen LogP contribution in [-0.4, -0.2) is 29.2 Å². The average molecular weight is 160 g/mol. The zero-order valence-corrected chi connectivity index (χ0v) is 6.41. The Morgan fingerprint density at radius 1 is 1.82 bits per heavy atom. The van der Waals surface area contributed by atoms with Gasteiger partial charge >= 0.3 is 5.97 Å². The summed E-state index contributed by atoms with van der Waals surface area (Å²) in [6.45, 7) is 5.29. The molecule has 0 aliphatic rings. The molecule has 64 valence electrons. The van der Waals surface area contributed by atoms with E-state index in [4.69, 9.17) is 15.7 Å². The zero-order valence-electron chi connectivity index (χ0n) is 6.41. The molecular formula is C6H12N2O3. The molecule has 0 aromatic rings. The highest BCUT2D eigenvalue weighted by Crippen LogP contribution is 1.95. The molecule has 0 aromatic heterocycles. The van der Waals surface area contributed by atoms with Crippen molar-refractivity contribution in [2.45, 2.75) is 6.92 Å². The number of nitrogens with two attached hydrogens (primary N) is 1. The van der Waals surface area contributed by atoms with Crippen LogP contribution in [0.4, 0.5) is 0 Å². The highest BCUT2D eigenvalue weighted by molar-refractivity contribution is 5.69. The Morgan fingerprint density at radius 2 is 2.36 bits per heavy atom. The fourth-order valence-corrected chi connectivity index (χ4v) is 0.483. The largest absolute Gasteiger partial charge is 0.480 e. The third-order valence-electron chi connectivity index (χ3n) is 0.937. The van der Waals surface area contributed by atoms with Crippen molar-refractivity contribution in [2.24, 2.45) is 5.84 Å². The van der Waals surface area contributed by atoms with Crippen LogP contribution in [0.25, 0.3) is 0 Å². The molecule has 0 fully saturated rings. The van der Waals surface area contributed by atoms with Crippen molar-refractivity contribution < 1.29 is 14.6 Å². The lowest BCUT2D eigenvalue weighted by molar-refractivity contribution is -0.138. The van der Waals surface area contributed by atoms with Gasteiger partial charge in [-0.1, -0.05) is 0 Å². The lowest BCUT2D eigenvalue weighted by Gasteiger charge is -2.17. The van der Waals surface area contributed by atoms with E-state index in [2.05, 4.69) is 6.58 Å². The van der Waals surface area contributed by atoms with Gasteiger partial charge in [0.2, 0.25) is 0 Å². The lowest BCUT2D eigenvalue weighted by atomic mass is 10.6. The molecule has 5 nitrogen and oxygen atoms in total. The molecule has 3 N–H and O–H groups in total. The Hall–Kier alpha value is -1.23. The molecule has 0 spiro atoms. The van der Waals surface area contributed by atoms with Crippen molar-refractivity contribution >= 4 is 5.97 Å². The highest BCUT2D eigenvalue weighted by atomic mass is 16.5. The van der Waals surface area contributed by atoms with Crippen molar-refractivity contribution in [3.8, 4) is 0 Å². The van der Waals surface area contributed by atoms with E-state index in [0.29, 0.717) is 6.61 Å². The first-order chi connectivity index (χ1) is 5.07. The summed E-state index contributed by atoms with van der Waals surface area (Å²) in [5, 5.41) is 9.22. The number of carboxylic acids is 1. The number of ether oxygens (including phenoxy) is 1. The van der Waals surface area contributed by atoms with Gasteiger partial charge in [0.15, 0.2) is 5.88 Å². The van der Waals surface area contributed by atoms with E-state index in [1.807, 2.05) is 0 Å². The van der Waals surface area contributed by atoms with Gasteiger partial charge in [-0.05, 0) is 13.5 Å². The Bertz CT molecular complexity index is 158. The molecule has 0 amide bonds. The molecule has 11 heavy (non-hydrogen) atoms. The Kier molecular flexibility index (Phi) is 4.05. The van der Waals surface area contributed by atoms with Crippen LogP contribution in [0.5, 0.6) is 0 Å². The number of hydrogen-bond donors (Lipinski definition) is 2. The molecule has 0 rings (SSSR count). The molecule has 0 heterocycles. The number of rotatable bonds is 5. The second-order valence-electron chi connectivity index (χ2n) is 1.85. The molecule has 0 aliphatic heterocycles. The molecule has 5 heteroatoms. The first-order valence-corrected chi connectivity index (χ1v) is 3.13. The predicted molar refractivity (Wildman–Crippen MR) is 39.3 cm³/mol. The van der Waals surface area contributed by atoms with Gasteiger partial charge < -0.3 is 9.84 Å². The summed E-state index contributed by atoms with van der Waals surface area (Å²) < 4.78 is 4.85. The van der Waals surface area contributed by atoms with Crippen LogP contribution in [0.1, 0.15) is 6.92 Å². The Morgan fingerprint density at radius 3 is 2.73 bits per heavy atom. The number of carbonyl (C=O) groups is 1. The molecule has 0 unspecified atom stereocenters. The van der Waals surface area contributed by atoms with Crippen molar-refractivity contribution in [3.63, 3.8) is 0 Å². The maximum atomic E-state index is 10.1. The van der Waals surface area contributed by atoms with Crippen LogP contribution in [0, 0.1) is 0 Å². The van der Waals surface area contributed by atoms with Crippen LogP contribution < -0.4 is 5.84 Å². The minimum absolute atomic E-state index is 0.162. The van der Waals surface area contributed by atoms with Gasteiger partial charge in [-0.15, -0.1) is 0 Å². The third-order valence-corrected chi connectivity index (χ3v) is 0.937. The van der Waals surface area contributed by atoms with Gasteiger partial charge in [0.05, 0.1) is 6.61 Å². The van der Waals surface area contributed by atoms with Gasteiger partial charge in [-0.2, -0.15) is 0 Å². The summed E-state index contributed by atoms with van der Waals surface area (Å²) in [6.07, 6.45) is 0. The Labute approximate surface area is 65.0 Å². The maximum Gasteiger partial charge on any atom is 0.324 e. The molecule has 0 saturated carbocycles. The highest BCUT2D eigenvalue weighted by Gasteiger charge is 2.06. The van der Waals surface area contributed by atoms with Crippen molar-refractivity contribution in [1.29, 1.82) is 0 Å². The normalized spacial score (nSPS) is 8.91. The lowest BCUT2D eigenvalue weighted by Crippen LogP contribution is -2.35. The maximum absolute atomic E-state index is 10.1. The monoisotopic (exact) mass is 160 g/mol. The number of nitrogens with zero attached hydrogens (tertiary/aromatic N) is 1. The van der Waals surface area contributed by atoms with Gasteiger partial charge in [-0.25, -0.2) is 5.84 Å². The summed E-state index contributed by atoms with van der Waals surface area (Å²) in [7, 11) is 0. The van der Waals surface area contributed by atoms with Gasteiger partial charge in [0, 0.05) is 0 Å². The third kappa shape index (κ3) is 4.21. The quantitative estimate of drug-likeness (QED) is 0.329. The standard InChI is InChI=1S/C6H12N2O3/c1-3-11-5(2)8(7)4-6(9)10/h2-4,7H2,1H3,(H,9,10). The number of hydrazine groups is 1. The summed E-state index contributed by atoms with van der Waals surface area (Å²) in [4.78, 5) is 10.1. The van der Waals surface area contributed by atoms with Crippen molar-refractivity contribution in [1.82, 2.24) is 5.01 Å². The molecule has 0 atom stereocenters. The second kappa shape index (κ2) is 4.56. The van der Waals surface area contributed by atoms with E-state index in [-0.39, 0.29) is 12.4 Å². The summed E-state index contributed by atoms with van der Waals surface area (Å²) in [5.41, 5.74) is 0. The van der Waals surface area contributed by atoms with Crippen LogP contribution in [0.3, 0.4) is 0 Å². The molecule has 0 aromatic carbocycles. The van der Waals surface area contributed by atoms with E-state index in [1.54, 1.807) is 6.92 Å². The van der Waals surface area contributed by atoms with Crippen LogP contribution in [0.15, 0.2) is 12.5 Å². The van der Waals surface area contributed by atoms with Crippen LogP contribution in [0.2, 0.25) is 0 Å². The fraction of sp³-hybridized carbons (Fsp3) is 0.500. The SMILES string of the molecule is C=C(OCC)N(N)CC(=O)O. The zero-order chi connectivity index (χ0) is 8.85. The number of hydrogen-bond acceptors (Lipinski definition) is 4. The summed E-state index contributed by atoms with van der Waals surface area (Å²) >= 11 is 0. The van der Waals surface area contributed by atoms with Gasteiger partial charge in [-0.3, -0.25) is 9.80 Å². The van der Waals surface area contributed by atoms with E-state index < -0.39 is 5.97 Å². The van der Waals surface area contributed by atoms with E-state index in [1.165, 1.54) is 0 Å². The minimum atomic E-state index is -1.02. The topological polar surface area (TPSA) is 75.8 Å². The number of aliphatic carboxylic acids is 1. The Balaban J connectivity index is 3.73. The second-order valence-corrected chi connectivity index (χ2v) is 1.85. The smallest absolute Gasteiger partial charge is 0.324 e. The first kappa shape index (κ1) is 9.77. The van der Waals surface area contributed by atoms with Crippen molar-refractivity contribution in [3.05, 3.63) is 12.5 Å². The molecule has 0 aliphatic carbocycles.